The normalized spacial score (nSPS) is 15.0. The minimum Gasteiger partial charge on any atom is -0.390 e. The van der Waals surface area contributed by atoms with Gasteiger partial charge in [0.25, 0.3) is 0 Å². The van der Waals surface area contributed by atoms with Gasteiger partial charge in [0.2, 0.25) is 5.69 Å². The van der Waals surface area contributed by atoms with E-state index in [4.69, 9.17) is 9.47 Å². The first-order chi connectivity index (χ1) is 17.6. The third-order valence-corrected chi connectivity index (χ3v) is 7.24. The molecule has 0 unspecified atom stereocenters. The van der Waals surface area contributed by atoms with Gasteiger partial charge in [0.15, 0.2) is 12.3 Å². The predicted molar refractivity (Wildman–Crippen MR) is 148 cm³/mol. The van der Waals surface area contributed by atoms with E-state index in [1.165, 1.54) is 38.8 Å². The number of aliphatic hydroxyl groups excluding tert-OH is 1. The molecule has 5 heteroatoms. The maximum absolute atomic E-state index is 9.75. The summed E-state index contributed by atoms with van der Waals surface area (Å²) in [7, 11) is 1.69. The molecular weight excluding hydrogens is 448 g/mol. The van der Waals surface area contributed by atoms with E-state index >= 15 is 0 Å². The number of hydrogen-bond donors (Lipinski definition) is 1. The Hall–Kier alpha value is -3.25. The van der Waals surface area contributed by atoms with Crippen LogP contribution >= 0.6 is 0 Å². The number of hydrogen-bond acceptors (Lipinski definition) is 3. The average molecular weight is 484 g/mol. The lowest BCUT2D eigenvalue weighted by Crippen LogP contribution is -2.28. The Kier molecular flexibility index (Phi) is 7.06. The molecule has 5 nitrogen and oxygen atoms in total. The monoisotopic (exact) mass is 483 g/mol. The topological polar surface area (TPSA) is 46.6 Å². The fourth-order valence-electron chi connectivity index (χ4n) is 5.47. The van der Waals surface area contributed by atoms with Crippen LogP contribution in [0.5, 0.6) is 0 Å². The minimum atomic E-state index is -0.134. The van der Waals surface area contributed by atoms with Crippen LogP contribution in [0.2, 0.25) is 0 Å². The van der Waals surface area contributed by atoms with Crippen LogP contribution in [-0.4, -0.2) is 60.0 Å². The van der Waals surface area contributed by atoms with Gasteiger partial charge in [-0.25, -0.2) is 0 Å². The second-order valence-corrected chi connectivity index (χ2v) is 9.79. The van der Waals surface area contributed by atoms with E-state index in [1.807, 2.05) is 0 Å². The predicted octanol–water partition coefficient (Wildman–Crippen LogP) is 5.54. The van der Waals surface area contributed by atoms with Gasteiger partial charge in [0.1, 0.15) is 6.61 Å². The van der Waals surface area contributed by atoms with Crippen molar-refractivity contribution < 1.29 is 19.2 Å². The molecule has 0 atom stereocenters. The third-order valence-electron chi connectivity index (χ3n) is 7.24. The summed E-state index contributed by atoms with van der Waals surface area (Å²) < 4.78 is 15.4. The van der Waals surface area contributed by atoms with E-state index in [9.17, 15) is 5.11 Å². The van der Waals surface area contributed by atoms with E-state index in [1.54, 1.807) is 7.11 Å². The molecule has 1 aliphatic rings. The molecular formula is C31H35N2O3+. The van der Waals surface area contributed by atoms with Crippen molar-refractivity contribution in [3.05, 3.63) is 83.9 Å². The van der Waals surface area contributed by atoms with Crippen molar-refractivity contribution >= 4 is 39.3 Å². The van der Waals surface area contributed by atoms with Crippen LogP contribution in [-0.2, 0) is 21.4 Å². The fourth-order valence-corrected chi connectivity index (χ4v) is 5.47. The molecule has 0 fully saturated rings. The molecule has 0 aliphatic carbocycles. The summed E-state index contributed by atoms with van der Waals surface area (Å²) >= 11 is 0. The zero-order valence-corrected chi connectivity index (χ0v) is 21.4. The molecule has 1 N–H and O–H groups in total. The van der Waals surface area contributed by atoms with E-state index in [2.05, 4.69) is 102 Å². The molecule has 5 rings (SSSR count). The highest BCUT2D eigenvalue weighted by atomic mass is 16.5. The Bertz CT molecular complexity index is 1450. The summed E-state index contributed by atoms with van der Waals surface area (Å²) in [6.45, 7) is 7.87. The fraction of sp³-hybridized carbons (Fsp3) is 0.323. The SMILES string of the molecule is COCCOCCn1c2ccccc2c2cc(/C=C/C3=[N+](CCO)c4ccccc4C3(C)C)ccc21. The molecule has 36 heavy (non-hydrogen) atoms. The molecule has 4 aromatic rings. The Morgan fingerprint density at radius 2 is 1.67 bits per heavy atom. The lowest BCUT2D eigenvalue weighted by molar-refractivity contribution is -0.440. The number of aromatic nitrogens is 1. The summed E-state index contributed by atoms with van der Waals surface area (Å²) in [4.78, 5) is 0. The van der Waals surface area contributed by atoms with Crippen LogP contribution in [0.15, 0.2) is 72.8 Å². The number of fused-ring (bicyclic) bond motifs is 4. The first kappa shape index (κ1) is 24.4. The second-order valence-electron chi connectivity index (χ2n) is 9.79. The first-order valence-corrected chi connectivity index (χ1v) is 12.7. The van der Waals surface area contributed by atoms with Crippen molar-refractivity contribution in [3.8, 4) is 0 Å². The van der Waals surface area contributed by atoms with Gasteiger partial charge in [-0.3, -0.25) is 0 Å². The molecule has 1 aliphatic heterocycles. The van der Waals surface area contributed by atoms with Crippen LogP contribution in [0, 0.1) is 0 Å². The number of methoxy groups -OCH3 is 1. The Morgan fingerprint density at radius 3 is 2.50 bits per heavy atom. The largest absolute Gasteiger partial charge is 0.390 e. The number of rotatable bonds is 10. The molecule has 186 valence electrons. The standard InChI is InChI=1S/C31H35N2O3/c1-31(2)26-9-5-7-11-29(26)33(16-18-34)30(31)15-13-23-12-14-28-25(22-23)24-8-4-6-10-27(24)32(28)17-19-36-21-20-35-3/h4-15,22,34H,16-21H2,1-3H3/q+1. The molecule has 0 saturated heterocycles. The van der Waals surface area contributed by atoms with Gasteiger partial charge in [-0.1, -0.05) is 42.5 Å². The second kappa shape index (κ2) is 10.4. The summed E-state index contributed by atoms with van der Waals surface area (Å²) in [5.41, 5.74) is 7.14. The molecule has 1 aromatic heterocycles. The molecule has 0 amide bonds. The van der Waals surface area contributed by atoms with Gasteiger partial charge in [-0.2, -0.15) is 4.58 Å². The molecule has 2 heterocycles. The zero-order valence-electron chi connectivity index (χ0n) is 21.4. The van der Waals surface area contributed by atoms with Crippen LogP contribution in [0.25, 0.3) is 27.9 Å². The lowest BCUT2D eigenvalue weighted by atomic mass is 9.81. The summed E-state index contributed by atoms with van der Waals surface area (Å²) in [6.07, 6.45) is 4.42. The van der Waals surface area contributed by atoms with Gasteiger partial charge in [0, 0.05) is 53.2 Å². The summed E-state index contributed by atoms with van der Waals surface area (Å²) in [5.74, 6) is 0. The molecule has 0 saturated carbocycles. The lowest BCUT2D eigenvalue weighted by Gasteiger charge is -2.15. The third kappa shape index (κ3) is 4.39. The highest BCUT2D eigenvalue weighted by Crippen LogP contribution is 2.40. The van der Waals surface area contributed by atoms with Crippen molar-refractivity contribution in [2.45, 2.75) is 25.8 Å². The Labute approximate surface area is 212 Å². The van der Waals surface area contributed by atoms with Crippen molar-refractivity contribution in [1.82, 2.24) is 4.57 Å². The minimum absolute atomic E-state index is 0.113. The number of β-amino-alcohol motifs (C(OH)–C–C–N with tert-alkyl or cyclic N) is 1. The van der Waals surface area contributed by atoms with Crippen LogP contribution in [0.3, 0.4) is 0 Å². The van der Waals surface area contributed by atoms with E-state index in [0.717, 1.165) is 12.1 Å². The molecule has 3 aromatic carbocycles. The number of aliphatic hydroxyl groups is 1. The van der Waals surface area contributed by atoms with Crippen LogP contribution in [0.4, 0.5) is 5.69 Å². The molecule has 0 radical (unpaired) electrons. The maximum Gasteiger partial charge on any atom is 0.209 e. The van der Waals surface area contributed by atoms with Crippen molar-refractivity contribution in [1.29, 1.82) is 0 Å². The number of para-hydroxylation sites is 2. The number of nitrogens with zero attached hydrogens (tertiary/aromatic N) is 2. The molecule has 0 bridgehead atoms. The van der Waals surface area contributed by atoms with E-state index in [0.29, 0.717) is 26.4 Å². The van der Waals surface area contributed by atoms with Gasteiger partial charge in [-0.15, -0.1) is 0 Å². The van der Waals surface area contributed by atoms with Crippen LogP contribution < -0.4 is 0 Å². The van der Waals surface area contributed by atoms with Gasteiger partial charge in [-0.05, 0) is 43.7 Å². The molecule has 0 spiro atoms. The number of ether oxygens (including phenoxy) is 2. The van der Waals surface area contributed by atoms with Crippen LogP contribution in [0.1, 0.15) is 25.0 Å². The van der Waals surface area contributed by atoms with Gasteiger partial charge < -0.3 is 19.1 Å². The Balaban J connectivity index is 1.50. The zero-order chi connectivity index (χ0) is 25.1. The highest BCUT2D eigenvalue weighted by Gasteiger charge is 2.43. The number of allylic oxidation sites excluding steroid dienone is 1. The summed E-state index contributed by atoms with van der Waals surface area (Å²) in [5, 5.41) is 12.3. The average Bonchev–Trinajstić information content (AvgIpc) is 3.31. The van der Waals surface area contributed by atoms with Gasteiger partial charge in [0.05, 0.1) is 25.2 Å². The van der Waals surface area contributed by atoms with Crippen molar-refractivity contribution in [3.63, 3.8) is 0 Å². The van der Waals surface area contributed by atoms with E-state index < -0.39 is 0 Å². The number of benzene rings is 3. The summed E-state index contributed by atoms with van der Waals surface area (Å²) in [6, 6.07) is 23.8. The van der Waals surface area contributed by atoms with E-state index in [-0.39, 0.29) is 12.0 Å². The first-order valence-electron chi connectivity index (χ1n) is 12.7. The maximum atomic E-state index is 9.75. The smallest absolute Gasteiger partial charge is 0.209 e. The Morgan fingerprint density at radius 1 is 0.889 bits per heavy atom. The quantitative estimate of drug-likeness (QED) is 0.238. The van der Waals surface area contributed by atoms with Gasteiger partial charge >= 0.3 is 0 Å². The van der Waals surface area contributed by atoms with Crippen molar-refractivity contribution in [2.75, 3.05) is 40.1 Å². The highest BCUT2D eigenvalue weighted by molar-refractivity contribution is 6.09. The van der Waals surface area contributed by atoms with Crippen molar-refractivity contribution in [2.24, 2.45) is 0 Å².